The zero-order chi connectivity index (χ0) is 17.1. The van der Waals surface area contributed by atoms with Gasteiger partial charge in [0.25, 0.3) is 0 Å². The molecule has 0 aliphatic carbocycles. The Bertz CT molecular complexity index is 684. The molecule has 0 spiro atoms. The third-order valence-electron chi connectivity index (χ3n) is 3.70. The first-order valence-electron chi connectivity index (χ1n) is 6.81. The molecule has 6 nitrogen and oxygen atoms in total. The molecule has 1 atom stereocenters. The second-order valence-corrected chi connectivity index (χ2v) is 5.14. The summed E-state index contributed by atoms with van der Waals surface area (Å²) in [6, 6.07) is 16.0. The Morgan fingerprint density at radius 3 is 1.74 bits per heavy atom. The summed E-state index contributed by atoms with van der Waals surface area (Å²) in [5.74, 6) is -3.58. The van der Waals surface area contributed by atoms with Gasteiger partial charge in [-0.1, -0.05) is 48.5 Å². The molecule has 0 saturated carbocycles. The standard InChI is InChI=1S/C17H16O6/c1-16(12-8-4-2-5-9-12,17(22,14(18)19)15(20)21)23-13-10-6-3-7-11-13/h2-11,22H,1H3,(H,18,19)(H,20,21). The highest BCUT2D eigenvalue weighted by Gasteiger charge is 2.62. The first kappa shape index (κ1) is 16.5. The molecular weight excluding hydrogens is 300 g/mol. The Kier molecular flexibility index (Phi) is 4.38. The highest BCUT2D eigenvalue weighted by Crippen LogP contribution is 2.38. The topological polar surface area (TPSA) is 104 Å². The molecule has 0 amide bonds. The van der Waals surface area contributed by atoms with Crippen molar-refractivity contribution < 1.29 is 29.6 Å². The van der Waals surface area contributed by atoms with Gasteiger partial charge in [0.1, 0.15) is 5.75 Å². The van der Waals surface area contributed by atoms with Crippen molar-refractivity contribution in [2.75, 3.05) is 0 Å². The van der Waals surface area contributed by atoms with Gasteiger partial charge in [0.05, 0.1) is 0 Å². The van der Waals surface area contributed by atoms with Gasteiger partial charge in [-0.2, -0.15) is 0 Å². The van der Waals surface area contributed by atoms with Gasteiger partial charge in [-0.3, -0.25) is 0 Å². The lowest BCUT2D eigenvalue weighted by atomic mass is 9.78. The summed E-state index contributed by atoms with van der Waals surface area (Å²) in [6.07, 6.45) is 0. The number of ether oxygens (including phenoxy) is 1. The third kappa shape index (κ3) is 2.76. The van der Waals surface area contributed by atoms with Gasteiger partial charge in [-0.25, -0.2) is 9.59 Å². The fourth-order valence-electron chi connectivity index (χ4n) is 2.32. The van der Waals surface area contributed by atoms with Crippen molar-refractivity contribution in [3.05, 3.63) is 66.2 Å². The van der Waals surface area contributed by atoms with E-state index in [1.165, 1.54) is 19.1 Å². The van der Waals surface area contributed by atoms with Crippen LogP contribution in [0.15, 0.2) is 60.7 Å². The third-order valence-corrected chi connectivity index (χ3v) is 3.70. The van der Waals surface area contributed by atoms with Crippen molar-refractivity contribution in [2.45, 2.75) is 18.1 Å². The number of benzene rings is 2. The van der Waals surface area contributed by atoms with Gasteiger partial charge >= 0.3 is 17.5 Å². The highest BCUT2D eigenvalue weighted by atomic mass is 16.5. The smallest absolute Gasteiger partial charge is 0.352 e. The Morgan fingerprint density at radius 2 is 1.30 bits per heavy atom. The molecule has 0 aliphatic rings. The number of para-hydroxylation sites is 1. The molecule has 2 aromatic carbocycles. The Balaban J connectivity index is 2.65. The van der Waals surface area contributed by atoms with E-state index in [-0.39, 0.29) is 11.3 Å². The zero-order valence-electron chi connectivity index (χ0n) is 12.3. The molecule has 1 unspecified atom stereocenters. The van der Waals surface area contributed by atoms with E-state index in [1.807, 2.05) is 0 Å². The van der Waals surface area contributed by atoms with Crippen molar-refractivity contribution in [2.24, 2.45) is 0 Å². The van der Waals surface area contributed by atoms with E-state index in [0.717, 1.165) is 0 Å². The van der Waals surface area contributed by atoms with Gasteiger partial charge in [0, 0.05) is 0 Å². The molecule has 0 bridgehead atoms. The van der Waals surface area contributed by atoms with Crippen molar-refractivity contribution in [1.29, 1.82) is 0 Å². The molecule has 3 N–H and O–H groups in total. The minimum atomic E-state index is -3.18. The van der Waals surface area contributed by atoms with Crippen molar-refractivity contribution in [3.8, 4) is 5.75 Å². The molecule has 120 valence electrons. The van der Waals surface area contributed by atoms with Gasteiger partial charge in [-0.05, 0) is 24.6 Å². The fraction of sp³-hybridized carbons (Fsp3) is 0.176. The number of carboxylic acid groups (broad SMARTS) is 2. The van der Waals surface area contributed by atoms with Crippen molar-refractivity contribution in [3.63, 3.8) is 0 Å². The van der Waals surface area contributed by atoms with E-state index in [9.17, 15) is 24.9 Å². The predicted octanol–water partition coefficient (Wildman–Crippen LogP) is 1.88. The number of rotatable bonds is 6. The Hall–Kier alpha value is -2.86. The maximum absolute atomic E-state index is 11.6. The summed E-state index contributed by atoms with van der Waals surface area (Å²) in [5.41, 5.74) is -5.01. The largest absolute Gasteiger partial charge is 0.479 e. The molecule has 0 aromatic heterocycles. The summed E-state index contributed by atoms with van der Waals surface area (Å²) < 4.78 is 5.66. The van der Waals surface area contributed by atoms with Crippen LogP contribution in [0.3, 0.4) is 0 Å². The van der Waals surface area contributed by atoms with Crippen molar-refractivity contribution >= 4 is 11.9 Å². The summed E-state index contributed by atoms with van der Waals surface area (Å²) >= 11 is 0. The quantitative estimate of drug-likeness (QED) is 0.703. The summed E-state index contributed by atoms with van der Waals surface area (Å²) in [5, 5.41) is 29.2. The molecule has 0 aliphatic heterocycles. The summed E-state index contributed by atoms with van der Waals surface area (Å²) in [6.45, 7) is 1.23. The van der Waals surface area contributed by atoms with Crippen LogP contribution in [0.2, 0.25) is 0 Å². The number of carbonyl (C=O) groups is 2. The maximum Gasteiger partial charge on any atom is 0.352 e. The summed E-state index contributed by atoms with van der Waals surface area (Å²) in [4.78, 5) is 23.1. The van der Waals surface area contributed by atoms with Crippen LogP contribution in [0.1, 0.15) is 12.5 Å². The van der Waals surface area contributed by atoms with Crippen LogP contribution in [0, 0.1) is 0 Å². The van der Waals surface area contributed by atoms with Crippen LogP contribution in [-0.2, 0) is 15.2 Å². The number of hydrogen-bond acceptors (Lipinski definition) is 4. The average molecular weight is 316 g/mol. The molecular formula is C17H16O6. The molecule has 2 rings (SSSR count). The first-order valence-corrected chi connectivity index (χ1v) is 6.81. The molecule has 0 fully saturated rings. The van der Waals surface area contributed by atoms with Gasteiger partial charge in [-0.15, -0.1) is 0 Å². The van der Waals surface area contributed by atoms with E-state index in [4.69, 9.17) is 4.74 Å². The van der Waals surface area contributed by atoms with E-state index in [0.29, 0.717) is 0 Å². The van der Waals surface area contributed by atoms with Gasteiger partial charge < -0.3 is 20.1 Å². The molecule has 6 heteroatoms. The average Bonchev–Trinajstić information content (AvgIpc) is 2.55. The minimum Gasteiger partial charge on any atom is -0.479 e. The van der Waals surface area contributed by atoms with Crippen LogP contribution in [0.25, 0.3) is 0 Å². The maximum atomic E-state index is 11.6. The molecule has 0 heterocycles. The number of carboxylic acids is 2. The van der Waals surface area contributed by atoms with E-state index in [1.54, 1.807) is 48.5 Å². The number of aliphatic hydroxyl groups is 1. The van der Waals surface area contributed by atoms with Crippen LogP contribution >= 0.6 is 0 Å². The zero-order valence-corrected chi connectivity index (χ0v) is 12.3. The normalized spacial score (nSPS) is 13.8. The number of hydrogen-bond donors (Lipinski definition) is 3. The van der Waals surface area contributed by atoms with Crippen LogP contribution in [0.4, 0.5) is 0 Å². The lowest BCUT2D eigenvalue weighted by molar-refractivity contribution is -0.201. The number of aliphatic carboxylic acids is 2. The molecule has 23 heavy (non-hydrogen) atoms. The second kappa shape index (κ2) is 6.10. The van der Waals surface area contributed by atoms with Gasteiger partial charge in [0.2, 0.25) is 0 Å². The monoisotopic (exact) mass is 316 g/mol. The fourth-order valence-corrected chi connectivity index (χ4v) is 2.32. The second-order valence-electron chi connectivity index (χ2n) is 5.14. The minimum absolute atomic E-state index is 0.219. The van der Waals surface area contributed by atoms with Crippen LogP contribution < -0.4 is 4.74 Å². The molecule has 0 saturated heterocycles. The van der Waals surface area contributed by atoms with Crippen LogP contribution in [-0.4, -0.2) is 32.9 Å². The SMILES string of the molecule is CC(Oc1ccccc1)(c1ccccc1)C(O)(C(=O)O)C(=O)O. The highest BCUT2D eigenvalue weighted by molar-refractivity contribution is 6.03. The van der Waals surface area contributed by atoms with E-state index >= 15 is 0 Å². The predicted molar refractivity (Wildman–Crippen MR) is 81.1 cm³/mol. The van der Waals surface area contributed by atoms with Gasteiger partial charge in [0.15, 0.2) is 5.60 Å². The lowest BCUT2D eigenvalue weighted by Gasteiger charge is -2.39. The lowest BCUT2D eigenvalue weighted by Crippen LogP contribution is -2.63. The Labute approximate surface area is 132 Å². The van der Waals surface area contributed by atoms with Crippen molar-refractivity contribution in [1.82, 2.24) is 0 Å². The van der Waals surface area contributed by atoms with Crippen LogP contribution in [0.5, 0.6) is 5.75 Å². The first-order chi connectivity index (χ1) is 10.8. The molecule has 2 aromatic rings. The Morgan fingerprint density at radius 1 is 0.870 bits per heavy atom. The summed E-state index contributed by atoms with van der Waals surface area (Å²) in [7, 11) is 0. The van der Waals surface area contributed by atoms with E-state index in [2.05, 4.69) is 0 Å². The van der Waals surface area contributed by atoms with E-state index < -0.39 is 23.1 Å². The molecule has 0 radical (unpaired) electrons.